The Balaban J connectivity index is 1.69. The molecule has 0 radical (unpaired) electrons. The van der Waals surface area contributed by atoms with Crippen LogP contribution in [0.5, 0.6) is 0 Å². The van der Waals surface area contributed by atoms with Crippen LogP contribution >= 0.6 is 0 Å². The highest BCUT2D eigenvalue weighted by molar-refractivity contribution is 6.05. The molecule has 0 amide bonds. The average molecular weight is 497 g/mol. The fourth-order valence-electron chi connectivity index (χ4n) is 4.61. The monoisotopic (exact) mass is 496 g/mol. The van der Waals surface area contributed by atoms with Gasteiger partial charge in [0.15, 0.2) is 0 Å². The molecule has 0 unspecified atom stereocenters. The largest absolute Gasteiger partial charge is 0.405 e. The molecule has 4 rings (SSSR count). The summed E-state index contributed by atoms with van der Waals surface area (Å²) >= 11 is 0. The van der Waals surface area contributed by atoms with E-state index < -0.39 is 0 Å². The van der Waals surface area contributed by atoms with Crippen LogP contribution in [0.1, 0.15) is 18.4 Å². The van der Waals surface area contributed by atoms with Crippen LogP contribution in [0, 0.1) is 11.3 Å². The van der Waals surface area contributed by atoms with Gasteiger partial charge in [0.05, 0.1) is 6.07 Å². The van der Waals surface area contributed by atoms with E-state index in [1.165, 1.54) is 22.7 Å². The van der Waals surface area contributed by atoms with Crippen molar-refractivity contribution in [3.05, 3.63) is 139 Å². The lowest BCUT2D eigenvalue weighted by atomic mass is 9.91. The summed E-state index contributed by atoms with van der Waals surface area (Å²) < 4.78 is 0. The summed E-state index contributed by atoms with van der Waals surface area (Å²) in [7, 11) is 2.10. The van der Waals surface area contributed by atoms with Crippen molar-refractivity contribution in [1.82, 2.24) is 0 Å². The van der Waals surface area contributed by atoms with Crippen molar-refractivity contribution >= 4 is 27.7 Å². The summed E-state index contributed by atoms with van der Waals surface area (Å²) in [4.78, 5) is 2.22. The summed E-state index contributed by atoms with van der Waals surface area (Å²) in [5.74, 6) is 0. The number of fused-ring (bicyclic) bond motifs is 1. The molecule has 0 saturated carbocycles. The molecule has 0 heterocycles. The minimum atomic E-state index is 0.565. The van der Waals surface area contributed by atoms with Crippen LogP contribution in [-0.4, -0.2) is 7.05 Å². The lowest BCUT2D eigenvalue weighted by Crippen LogP contribution is -2.10. The molecule has 4 heteroatoms. The average Bonchev–Trinajstić information content (AvgIpc) is 2.98. The molecular weight excluding hydrogens is 464 g/mol. The van der Waals surface area contributed by atoms with E-state index in [2.05, 4.69) is 115 Å². The number of nitriles is 1. The highest BCUT2D eigenvalue weighted by atomic mass is 15.1. The second kappa shape index (κ2) is 12.8. The lowest BCUT2D eigenvalue weighted by molar-refractivity contribution is 1.05. The van der Waals surface area contributed by atoms with Crippen LogP contribution in [0.4, 0.5) is 11.4 Å². The number of nitrogens with zero attached hydrogens (tertiary/aromatic N) is 2. The number of benzene rings is 4. The molecule has 0 spiro atoms. The molecule has 0 saturated heterocycles. The molecule has 4 aromatic rings. The van der Waals surface area contributed by atoms with Gasteiger partial charge in [-0.3, -0.25) is 0 Å². The maximum absolute atomic E-state index is 9.13. The molecule has 188 valence electrons. The first-order valence-electron chi connectivity index (χ1n) is 12.6. The van der Waals surface area contributed by atoms with Crippen LogP contribution < -0.4 is 16.4 Å². The molecule has 0 aliphatic heterocycles. The van der Waals surface area contributed by atoms with Gasteiger partial charge in [-0.15, -0.1) is 0 Å². The fourth-order valence-corrected chi connectivity index (χ4v) is 4.61. The minimum absolute atomic E-state index is 0.565. The zero-order valence-electron chi connectivity index (χ0n) is 21.6. The Hall–Kier alpha value is -5.01. The predicted molar refractivity (Wildman–Crippen MR) is 161 cm³/mol. The van der Waals surface area contributed by atoms with Crippen molar-refractivity contribution in [1.29, 1.82) is 5.26 Å². The molecule has 0 fully saturated rings. The Bertz CT molecular complexity index is 1550. The van der Waals surface area contributed by atoms with Gasteiger partial charge in [-0.25, -0.2) is 0 Å². The van der Waals surface area contributed by atoms with Gasteiger partial charge in [-0.2, -0.15) is 5.26 Å². The van der Waals surface area contributed by atoms with Crippen LogP contribution in [0.25, 0.3) is 27.5 Å². The molecule has 4 nitrogen and oxygen atoms in total. The number of anilines is 2. The molecule has 38 heavy (non-hydrogen) atoms. The van der Waals surface area contributed by atoms with Crippen LogP contribution in [0.2, 0.25) is 0 Å². The second-order valence-corrected chi connectivity index (χ2v) is 8.85. The predicted octanol–water partition coefficient (Wildman–Crippen LogP) is 7.83. The summed E-state index contributed by atoms with van der Waals surface area (Å²) in [6.07, 6.45) is 12.2. The Kier molecular flexibility index (Phi) is 8.78. The Labute approximate surface area is 225 Å². The number of rotatable bonds is 9. The van der Waals surface area contributed by atoms with E-state index in [1.54, 1.807) is 12.3 Å². The van der Waals surface area contributed by atoms with Crippen molar-refractivity contribution in [3.8, 4) is 17.2 Å². The highest BCUT2D eigenvalue weighted by Gasteiger charge is 2.15. The Morgan fingerprint density at radius 2 is 1.50 bits per heavy atom. The van der Waals surface area contributed by atoms with Crippen LogP contribution in [0.3, 0.4) is 0 Å². The highest BCUT2D eigenvalue weighted by Crippen LogP contribution is 2.39. The number of nitrogens with two attached hydrogens (primary N) is 2. The number of para-hydroxylation sites is 2. The maximum Gasteiger partial charge on any atom is 0.0988 e. The van der Waals surface area contributed by atoms with E-state index in [0.717, 1.165) is 40.7 Å². The van der Waals surface area contributed by atoms with E-state index in [9.17, 15) is 0 Å². The van der Waals surface area contributed by atoms with Gasteiger partial charge >= 0.3 is 0 Å². The van der Waals surface area contributed by atoms with Crippen molar-refractivity contribution in [2.45, 2.75) is 12.8 Å². The Morgan fingerprint density at radius 3 is 2.24 bits per heavy atom. The minimum Gasteiger partial charge on any atom is -0.405 e. The number of hydrogen-bond acceptors (Lipinski definition) is 4. The molecule has 0 atom stereocenters. The summed E-state index contributed by atoms with van der Waals surface area (Å²) in [5, 5.41) is 11.4. The molecular formula is C34H32N4. The van der Waals surface area contributed by atoms with E-state index in [-0.39, 0.29) is 0 Å². The number of unbranched alkanes of at least 4 members (excludes halogenated alkanes) is 1. The van der Waals surface area contributed by atoms with Gasteiger partial charge in [0.2, 0.25) is 0 Å². The number of hydrogen-bond donors (Lipinski definition) is 2. The molecule has 4 N–H and O–H groups in total. The second-order valence-electron chi connectivity index (χ2n) is 8.85. The van der Waals surface area contributed by atoms with Gasteiger partial charge in [-0.1, -0.05) is 91.0 Å². The van der Waals surface area contributed by atoms with Crippen molar-refractivity contribution in [2.24, 2.45) is 11.5 Å². The van der Waals surface area contributed by atoms with Crippen LogP contribution in [-0.2, 0) is 0 Å². The van der Waals surface area contributed by atoms with Crippen molar-refractivity contribution in [3.63, 3.8) is 0 Å². The van der Waals surface area contributed by atoms with E-state index >= 15 is 0 Å². The van der Waals surface area contributed by atoms with Crippen molar-refractivity contribution in [2.75, 3.05) is 11.9 Å². The van der Waals surface area contributed by atoms with E-state index in [1.807, 2.05) is 12.1 Å². The van der Waals surface area contributed by atoms with Gasteiger partial charge in [-0.05, 0) is 70.8 Å². The SMILES string of the molecule is CN(c1ccccc1)c1ccccc1-c1ccc(C(/C=C\CC/C=C(C#N)\C=C/N)=C/N)c2ccccc12. The first kappa shape index (κ1) is 26.1. The maximum atomic E-state index is 9.13. The van der Waals surface area contributed by atoms with E-state index in [0.29, 0.717) is 5.57 Å². The standard InChI is InChI=1S/C34H32N4/c1-38(28-14-6-3-7-15-28)34-19-11-10-18-33(34)32-21-20-29(30-16-8-9-17-31(30)32)27(25-37)13-5-2-4-12-26(24-36)22-23-35/h3,5-23,25H,2,4,35,37H2,1H3/b13-5-,23-22-,26-12+,27-25+. The zero-order valence-corrected chi connectivity index (χ0v) is 21.6. The fraction of sp³-hybridized carbons (Fsp3) is 0.0882. The topological polar surface area (TPSA) is 79.1 Å². The van der Waals surface area contributed by atoms with Gasteiger partial charge in [0.25, 0.3) is 0 Å². The zero-order chi connectivity index (χ0) is 26.7. The molecule has 0 aromatic heterocycles. The third-order valence-electron chi connectivity index (χ3n) is 6.51. The third-order valence-corrected chi connectivity index (χ3v) is 6.51. The van der Waals surface area contributed by atoms with E-state index in [4.69, 9.17) is 16.7 Å². The summed E-state index contributed by atoms with van der Waals surface area (Å²) in [6.45, 7) is 0. The first-order valence-corrected chi connectivity index (χ1v) is 12.6. The molecule has 0 aliphatic carbocycles. The third kappa shape index (κ3) is 5.86. The number of allylic oxidation sites excluding steroid dienone is 6. The summed E-state index contributed by atoms with van der Waals surface area (Å²) in [6, 6.07) is 33.8. The molecule has 4 aromatic carbocycles. The van der Waals surface area contributed by atoms with Crippen LogP contribution in [0.15, 0.2) is 133 Å². The quantitative estimate of drug-likeness (QED) is 0.141. The van der Waals surface area contributed by atoms with Gasteiger partial charge < -0.3 is 16.4 Å². The summed E-state index contributed by atoms with van der Waals surface area (Å²) in [5.41, 5.74) is 18.7. The smallest absolute Gasteiger partial charge is 0.0988 e. The normalized spacial score (nSPS) is 12.3. The molecule has 0 aliphatic rings. The lowest BCUT2D eigenvalue weighted by Gasteiger charge is -2.23. The Morgan fingerprint density at radius 1 is 0.789 bits per heavy atom. The first-order chi connectivity index (χ1) is 18.7. The molecule has 0 bridgehead atoms. The van der Waals surface area contributed by atoms with Crippen molar-refractivity contribution < 1.29 is 0 Å². The van der Waals surface area contributed by atoms with Gasteiger partial charge in [0.1, 0.15) is 0 Å². The van der Waals surface area contributed by atoms with Gasteiger partial charge in [0, 0.05) is 35.8 Å².